The van der Waals surface area contributed by atoms with Crippen molar-refractivity contribution in [3.8, 4) is 0 Å². The van der Waals surface area contributed by atoms with Crippen molar-refractivity contribution in [1.29, 1.82) is 0 Å². The van der Waals surface area contributed by atoms with Crippen LogP contribution in [-0.4, -0.2) is 4.98 Å². The summed E-state index contributed by atoms with van der Waals surface area (Å²) in [4.78, 5) is 4.22. The predicted octanol–water partition coefficient (Wildman–Crippen LogP) is 3.65. The van der Waals surface area contributed by atoms with E-state index in [-0.39, 0.29) is 6.04 Å². The molecule has 3 rings (SSSR count). The number of pyridine rings is 1. The van der Waals surface area contributed by atoms with Gasteiger partial charge in [-0.1, -0.05) is 24.3 Å². The van der Waals surface area contributed by atoms with Gasteiger partial charge in [-0.2, -0.15) is 0 Å². The van der Waals surface area contributed by atoms with Crippen molar-refractivity contribution >= 4 is 21.4 Å². The number of benzene rings is 1. The Hall–Kier alpha value is -1.71. The molecule has 3 aromatic rings. The third-order valence-electron chi connectivity index (χ3n) is 3.10. The molecule has 0 bridgehead atoms. The van der Waals surface area contributed by atoms with Gasteiger partial charge in [-0.05, 0) is 40.4 Å². The number of nitrogens with zero attached hydrogens (tertiary/aromatic N) is 1. The van der Waals surface area contributed by atoms with Crippen molar-refractivity contribution < 1.29 is 0 Å². The van der Waals surface area contributed by atoms with E-state index in [1.165, 1.54) is 15.6 Å². The first kappa shape index (κ1) is 11.4. The first-order valence-corrected chi connectivity index (χ1v) is 6.77. The second-order valence-corrected chi connectivity index (χ2v) is 5.37. The van der Waals surface area contributed by atoms with E-state index in [0.29, 0.717) is 0 Å². The monoisotopic (exact) mass is 254 g/mol. The molecule has 2 N–H and O–H groups in total. The Morgan fingerprint density at radius 2 is 2.06 bits per heavy atom. The van der Waals surface area contributed by atoms with Gasteiger partial charge in [0.15, 0.2) is 0 Å². The number of nitrogens with two attached hydrogens (primary N) is 1. The maximum absolute atomic E-state index is 6.36. The minimum absolute atomic E-state index is 0.103. The highest BCUT2D eigenvalue weighted by atomic mass is 32.1. The Kier molecular flexibility index (Phi) is 2.86. The molecule has 0 fully saturated rings. The van der Waals surface area contributed by atoms with Crippen molar-refractivity contribution in [1.82, 2.24) is 4.98 Å². The van der Waals surface area contributed by atoms with Gasteiger partial charge in [-0.15, -0.1) is 11.3 Å². The van der Waals surface area contributed by atoms with Crippen LogP contribution in [0.5, 0.6) is 0 Å². The van der Waals surface area contributed by atoms with E-state index in [2.05, 4.69) is 40.7 Å². The lowest BCUT2D eigenvalue weighted by Crippen LogP contribution is -2.11. The number of rotatable bonds is 2. The normalized spacial score (nSPS) is 12.8. The van der Waals surface area contributed by atoms with Gasteiger partial charge in [-0.25, -0.2) is 0 Å². The molecule has 0 radical (unpaired) electrons. The molecule has 0 saturated heterocycles. The van der Waals surface area contributed by atoms with Gasteiger partial charge < -0.3 is 5.73 Å². The maximum Gasteiger partial charge on any atom is 0.0581 e. The minimum Gasteiger partial charge on any atom is -0.320 e. The number of hydrogen-bond donors (Lipinski definition) is 1. The van der Waals surface area contributed by atoms with Gasteiger partial charge >= 0.3 is 0 Å². The number of hydrogen-bond acceptors (Lipinski definition) is 3. The molecule has 18 heavy (non-hydrogen) atoms. The van der Waals surface area contributed by atoms with Crippen LogP contribution in [0.1, 0.15) is 22.7 Å². The zero-order valence-electron chi connectivity index (χ0n) is 10.1. The molecule has 2 aromatic heterocycles. The SMILES string of the molecule is Cc1cncc(C(N)c2csc3ccccc23)c1. The highest BCUT2D eigenvalue weighted by molar-refractivity contribution is 7.17. The molecule has 1 aromatic carbocycles. The molecule has 0 saturated carbocycles. The van der Waals surface area contributed by atoms with E-state index in [1.54, 1.807) is 11.3 Å². The highest BCUT2D eigenvalue weighted by Crippen LogP contribution is 2.32. The van der Waals surface area contributed by atoms with Crippen LogP contribution >= 0.6 is 11.3 Å². The van der Waals surface area contributed by atoms with Gasteiger partial charge in [0.05, 0.1) is 6.04 Å². The van der Waals surface area contributed by atoms with Gasteiger partial charge in [0.1, 0.15) is 0 Å². The van der Waals surface area contributed by atoms with Crippen LogP contribution in [0.2, 0.25) is 0 Å². The van der Waals surface area contributed by atoms with Crippen LogP contribution in [-0.2, 0) is 0 Å². The summed E-state index contributed by atoms with van der Waals surface area (Å²) in [5.41, 5.74) is 9.76. The van der Waals surface area contributed by atoms with Gasteiger partial charge in [0, 0.05) is 17.1 Å². The molecule has 1 unspecified atom stereocenters. The predicted molar refractivity (Wildman–Crippen MR) is 76.8 cm³/mol. The number of aromatic nitrogens is 1. The molecule has 0 aliphatic rings. The maximum atomic E-state index is 6.36. The lowest BCUT2D eigenvalue weighted by atomic mass is 10.00. The zero-order chi connectivity index (χ0) is 12.5. The number of aryl methyl sites for hydroxylation is 1. The summed E-state index contributed by atoms with van der Waals surface area (Å²) in [6.07, 6.45) is 3.70. The van der Waals surface area contributed by atoms with Crippen LogP contribution in [0.25, 0.3) is 10.1 Å². The average molecular weight is 254 g/mol. The van der Waals surface area contributed by atoms with Gasteiger partial charge in [0.25, 0.3) is 0 Å². The van der Waals surface area contributed by atoms with Crippen molar-refractivity contribution in [2.45, 2.75) is 13.0 Å². The van der Waals surface area contributed by atoms with Crippen molar-refractivity contribution in [3.05, 3.63) is 64.8 Å². The summed E-state index contributed by atoms with van der Waals surface area (Å²) in [7, 11) is 0. The Bertz CT molecular complexity index is 688. The average Bonchev–Trinajstić information content (AvgIpc) is 2.82. The van der Waals surface area contributed by atoms with Gasteiger partial charge in [-0.3, -0.25) is 4.98 Å². The molecule has 0 aliphatic carbocycles. The van der Waals surface area contributed by atoms with E-state index < -0.39 is 0 Å². The van der Waals surface area contributed by atoms with E-state index in [0.717, 1.165) is 11.1 Å². The fourth-order valence-electron chi connectivity index (χ4n) is 2.17. The Morgan fingerprint density at radius 1 is 1.22 bits per heavy atom. The summed E-state index contributed by atoms with van der Waals surface area (Å²) in [5, 5.41) is 3.40. The van der Waals surface area contributed by atoms with Crippen molar-refractivity contribution in [2.75, 3.05) is 0 Å². The number of thiophene rings is 1. The molecule has 2 nitrogen and oxygen atoms in total. The first-order valence-electron chi connectivity index (χ1n) is 5.89. The fourth-order valence-corrected chi connectivity index (χ4v) is 3.16. The molecule has 0 spiro atoms. The number of fused-ring (bicyclic) bond motifs is 1. The standard InChI is InChI=1S/C15H14N2S/c1-10-6-11(8-17-7-10)15(16)13-9-18-14-5-3-2-4-12(13)14/h2-9,15H,16H2,1H3. The summed E-state index contributed by atoms with van der Waals surface area (Å²) in [5.74, 6) is 0. The Balaban J connectivity index is 2.09. The molecule has 2 heterocycles. The lowest BCUT2D eigenvalue weighted by Gasteiger charge is -2.11. The fraction of sp³-hybridized carbons (Fsp3) is 0.133. The third-order valence-corrected chi connectivity index (χ3v) is 4.08. The van der Waals surface area contributed by atoms with E-state index >= 15 is 0 Å². The summed E-state index contributed by atoms with van der Waals surface area (Å²) in [6.45, 7) is 2.04. The summed E-state index contributed by atoms with van der Waals surface area (Å²) < 4.78 is 1.28. The molecule has 1 atom stereocenters. The third kappa shape index (κ3) is 1.92. The van der Waals surface area contributed by atoms with Crippen LogP contribution < -0.4 is 5.73 Å². The van der Waals surface area contributed by atoms with Crippen LogP contribution in [0.4, 0.5) is 0 Å². The van der Waals surface area contributed by atoms with E-state index in [1.807, 2.05) is 19.3 Å². The summed E-state index contributed by atoms with van der Waals surface area (Å²) >= 11 is 1.74. The second kappa shape index (κ2) is 4.52. The Labute approximate surface area is 110 Å². The molecule has 0 amide bonds. The molecule has 0 aliphatic heterocycles. The van der Waals surface area contributed by atoms with Crippen molar-refractivity contribution in [2.24, 2.45) is 5.73 Å². The largest absolute Gasteiger partial charge is 0.320 e. The zero-order valence-corrected chi connectivity index (χ0v) is 10.9. The van der Waals surface area contributed by atoms with Crippen LogP contribution in [0.3, 0.4) is 0 Å². The topological polar surface area (TPSA) is 38.9 Å². The van der Waals surface area contributed by atoms with Crippen molar-refractivity contribution in [3.63, 3.8) is 0 Å². The second-order valence-electron chi connectivity index (χ2n) is 4.46. The Morgan fingerprint density at radius 3 is 2.89 bits per heavy atom. The minimum atomic E-state index is -0.103. The summed E-state index contributed by atoms with van der Waals surface area (Å²) in [6, 6.07) is 10.4. The molecular formula is C15H14N2S. The molecule has 3 heteroatoms. The van der Waals surface area contributed by atoms with E-state index in [9.17, 15) is 0 Å². The molecule has 90 valence electrons. The molecular weight excluding hydrogens is 240 g/mol. The van der Waals surface area contributed by atoms with E-state index in [4.69, 9.17) is 5.73 Å². The highest BCUT2D eigenvalue weighted by Gasteiger charge is 2.13. The lowest BCUT2D eigenvalue weighted by molar-refractivity contribution is 0.873. The van der Waals surface area contributed by atoms with Gasteiger partial charge in [0.2, 0.25) is 0 Å². The van der Waals surface area contributed by atoms with Crippen LogP contribution in [0.15, 0.2) is 48.1 Å². The van der Waals surface area contributed by atoms with Crippen LogP contribution in [0, 0.1) is 6.92 Å². The smallest absolute Gasteiger partial charge is 0.0581 e. The first-order chi connectivity index (χ1) is 8.75. The quantitative estimate of drug-likeness (QED) is 0.758.